The van der Waals surface area contributed by atoms with Gasteiger partial charge in [0, 0.05) is 18.6 Å². The van der Waals surface area contributed by atoms with E-state index >= 15 is 0 Å². The number of carbonyl (C=O) groups excluding carboxylic acids is 1. The number of phenols is 1. The van der Waals surface area contributed by atoms with Crippen molar-refractivity contribution in [1.29, 1.82) is 0 Å². The second-order valence-electron chi connectivity index (χ2n) is 2.98. The van der Waals surface area contributed by atoms with Crippen molar-refractivity contribution in [2.75, 3.05) is 12.3 Å². The molecule has 1 aromatic carbocycles. The standard InChI is InChI=1S/C11H12N2O2/c1-8(14)13-6-2-3-9-4-5-10(15)7-11(9)12/h4-5,7,15H,6,12H2,1H3,(H,13,14). The molecule has 0 heterocycles. The Bertz CT molecular complexity index is 430. The Morgan fingerprint density at radius 2 is 2.33 bits per heavy atom. The number of hydrogen-bond acceptors (Lipinski definition) is 3. The monoisotopic (exact) mass is 204 g/mol. The first-order chi connectivity index (χ1) is 7.09. The van der Waals surface area contributed by atoms with E-state index in [9.17, 15) is 4.79 Å². The van der Waals surface area contributed by atoms with E-state index in [2.05, 4.69) is 17.2 Å². The number of benzene rings is 1. The smallest absolute Gasteiger partial charge is 0.217 e. The predicted octanol–water partition coefficient (Wildman–Crippen LogP) is 0.462. The number of nitrogen functional groups attached to an aromatic ring is 1. The van der Waals surface area contributed by atoms with E-state index in [0.717, 1.165) is 0 Å². The lowest BCUT2D eigenvalue weighted by molar-refractivity contribution is -0.118. The van der Waals surface area contributed by atoms with E-state index < -0.39 is 0 Å². The van der Waals surface area contributed by atoms with Crippen molar-refractivity contribution in [3.8, 4) is 17.6 Å². The highest BCUT2D eigenvalue weighted by molar-refractivity contribution is 5.73. The molecule has 4 nitrogen and oxygen atoms in total. The minimum absolute atomic E-state index is 0.111. The molecular formula is C11H12N2O2. The third-order valence-electron chi connectivity index (χ3n) is 1.68. The molecule has 0 radical (unpaired) electrons. The Hall–Kier alpha value is -2.15. The molecule has 0 atom stereocenters. The van der Waals surface area contributed by atoms with E-state index in [4.69, 9.17) is 10.8 Å². The Labute approximate surface area is 88.1 Å². The summed E-state index contributed by atoms with van der Waals surface area (Å²) >= 11 is 0. The van der Waals surface area contributed by atoms with Crippen LogP contribution in [0.1, 0.15) is 12.5 Å². The number of phenolic OH excluding ortho intramolecular Hbond substituents is 1. The maximum absolute atomic E-state index is 10.5. The number of nitrogens with two attached hydrogens (primary N) is 1. The van der Waals surface area contributed by atoms with Gasteiger partial charge in [0.1, 0.15) is 5.75 Å². The average Bonchev–Trinajstić information content (AvgIpc) is 2.14. The van der Waals surface area contributed by atoms with Crippen molar-refractivity contribution >= 4 is 11.6 Å². The summed E-state index contributed by atoms with van der Waals surface area (Å²) in [6, 6.07) is 4.58. The summed E-state index contributed by atoms with van der Waals surface area (Å²) in [4.78, 5) is 10.5. The van der Waals surface area contributed by atoms with Gasteiger partial charge in [0.25, 0.3) is 0 Å². The van der Waals surface area contributed by atoms with Gasteiger partial charge in [-0.1, -0.05) is 11.8 Å². The van der Waals surface area contributed by atoms with Gasteiger partial charge in [0.05, 0.1) is 12.2 Å². The summed E-state index contributed by atoms with van der Waals surface area (Å²) in [6.45, 7) is 1.71. The first-order valence-corrected chi connectivity index (χ1v) is 4.41. The third-order valence-corrected chi connectivity index (χ3v) is 1.68. The molecule has 0 unspecified atom stereocenters. The topological polar surface area (TPSA) is 75.3 Å². The predicted molar refractivity (Wildman–Crippen MR) is 58.1 cm³/mol. The molecule has 15 heavy (non-hydrogen) atoms. The maximum atomic E-state index is 10.5. The van der Waals surface area contributed by atoms with Gasteiger partial charge in [-0.2, -0.15) is 0 Å². The molecule has 0 aliphatic carbocycles. The molecule has 0 bridgehead atoms. The normalized spacial score (nSPS) is 8.87. The van der Waals surface area contributed by atoms with Crippen LogP contribution in [0.15, 0.2) is 18.2 Å². The molecule has 0 aliphatic heterocycles. The molecule has 4 N–H and O–H groups in total. The summed E-state index contributed by atoms with van der Waals surface area (Å²) < 4.78 is 0. The molecule has 4 heteroatoms. The fraction of sp³-hybridized carbons (Fsp3) is 0.182. The SMILES string of the molecule is CC(=O)NCC#Cc1ccc(O)cc1N. The van der Waals surface area contributed by atoms with Gasteiger partial charge >= 0.3 is 0 Å². The summed E-state index contributed by atoms with van der Waals surface area (Å²) in [7, 11) is 0. The van der Waals surface area contributed by atoms with Crippen LogP contribution in [0.5, 0.6) is 5.75 Å². The average molecular weight is 204 g/mol. The van der Waals surface area contributed by atoms with E-state index in [1.54, 1.807) is 6.07 Å². The molecule has 1 aromatic rings. The molecule has 1 rings (SSSR count). The summed E-state index contributed by atoms with van der Waals surface area (Å²) in [6.07, 6.45) is 0. The summed E-state index contributed by atoms with van der Waals surface area (Å²) in [5, 5.41) is 11.6. The number of hydrogen-bond donors (Lipinski definition) is 3. The zero-order valence-corrected chi connectivity index (χ0v) is 8.37. The number of rotatable bonds is 1. The van der Waals surface area contributed by atoms with E-state index in [0.29, 0.717) is 11.3 Å². The first-order valence-electron chi connectivity index (χ1n) is 4.41. The quantitative estimate of drug-likeness (QED) is 0.459. The van der Waals surface area contributed by atoms with Gasteiger partial charge in [0.15, 0.2) is 0 Å². The molecule has 0 saturated heterocycles. The number of aromatic hydroxyl groups is 1. The molecule has 0 aromatic heterocycles. The van der Waals surface area contributed by atoms with Crippen LogP contribution in [0.25, 0.3) is 0 Å². The van der Waals surface area contributed by atoms with Crippen LogP contribution in [-0.2, 0) is 4.79 Å². The lowest BCUT2D eigenvalue weighted by Crippen LogP contribution is -2.19. The van der Waals surface area contributed by atoms with Gasteiger partial charge in [-0.25, -0.2) is 0 Å². The van der Waals surface area contributed by atoms with E-state index in [1.807, 2.05) is 0 Å². The number of carbonyl (C=O) groups is 1. The number of nitrogens with one attached hydrogen (secondary N) is 1. The minimum atomic E-state index is -0.122. The van der Waals surface area contributed by atoms with Crippen LogP contribution in [-0.4, -0.2) is 17.6 Å². The van der Waals surface area contributed by atoms with Crippen LogP contribution in [0, 0.1) is 11.8 Å². The van der Waals surface area contributed by atoms with Gasteiger partial charge in [0.2, 0.25) is 5.91 Å². The van der Waals surface area contributed by atoms with Crippen molar-refractivity contribution in [2.24, 2.45) is 0 Å². The Kier molecular flexibility index (Phi) is 3.58. The van der Waals surface area contributed by atoms with Crippen LogP contribution in [0.2, 0.25) is 0 Å². The second-order valence-corrected chi connectivity index (χ2v) is 2.98. The van der Waals surface area contributed by atoms with Crippen molar-refractivity contribution in [1.82, 2.24) is 5.32 Å². The van der Waals surface area contributed by atoms with Gasteiger partial charge in [-0.15, -0.1) is 0 Å². The summed E-state index contributed by atoms with van der Waals surface area (Å²) in [5.74, 6) is 5.53. The maximum Gasteiger partial charge on any atom is 0.217 e. The highest BCUT2D eigenvalue weighted by Gasteiger charge is 1.95. The third kappa shape index (κ3) is 3.61. The lowest BCUT2D eigenvalue weighted by atomic mass is 10.2. The minimum Gasteiger partial charge on any atom is -0.508 e. The molecular weight excluding hydrogens is 192 g/mol. The van der Waals surface area contributed by atoms with Gasteiger partial charge in [-0.05, 0) is 12.1 Å². The fourth-order valence-corrected chi connectivity index (χ4v) is 0.972. The largest absolute Gasteiger partial charge is 0.508 e. The fourth-order valence-electron chi connectivity index (χ4n) is 0.972. The Morgan fingerprint density at radius 1 is 1.60 bits per heavy atom. The van der Waals surface area contributed by atoms with Gasteiger partial charge in [-0.3, -0.25) is 4.79 Å². The van der Waals surface area contributed by atoms with Crippen molar-refractivity contribution in [3.63, 3.8) is 0 Å². The van der Waals surface area contributed by atoms with Gasteiger partial charge < -0.3 is 16.2 Å². The van der Waals surface area contributed by atoms with Crippen molar-refractivity contribution < 1.29 is 9.90 Å². The zero-order chi connectivity index (χ0) is 11.3. The van der Waals surface area contributed by atoms with Crippen LogP contribution < -0.4 is 11.1 Å². The molecule has 0 spiro atoms. The molecule has 78 valence electrons. The highest BCUT2D eigenvalue weighted by atomic mass is 16.3. The zero-order valence-electron chi connectivity index (χ0n) is 8.37. The molecule has 0 saturated carbocycles. The number of amides is 1. The lowest BCUT2D eigenvalue weighted by Gasteiger charge is -1.98. The van der Waals surface area contributed by atoms with Crippen LogP contribution in [0.3, 0.4) is 0 Å². The molecule has 0 fully saturated rings. The van der Waals surface area contributed by atoms with E-state index in [-0.39, 0.29) is 18.2 Å². The first kappa shape index (κ1) is 10.9. The Balaban J connectivity index is 2.67. The Morgan fingerprint density at radius 3 is 2.93 bits per heavy atom. The highest BCUT2D eigenvalue weighted by Crippen LogP contribution is 2.17. The second kappa shape index (κ2) is 4.91. The van der Waals surface area contributed by atoms with Crippen LogP contribution in [0.4, 0.5) is 5.69 Å². The summed E-state index contributed by atoms with van der Waals surface area (Å²) in [5.41, 5.74) is 6.67. The van der Waals surface area contributed by atoms with E-state index in [1.165, 1.54) is 19.1 Å². The van der Waals surface area contributed by atoms with Crippen molar-refractivity contribution in [3.05, 3.63) is 23.8 Å². The van der Waals surface area contributed by atoms with Crippen molar-refractivity contribution in [2.45, 2.75) is 6.92 Å². The molecule has 0 aliphatic rings. The molecule has 1 amide bonds. The number of anilines is 1. The van der Waals surface area contributed by atoms with Crippen LogP contribution >= 0.6 is 0 Å².